The largest absolute Gasteiger partial charge is 0.465 e. The van der Waals surface area contributed by atoms with Gasteiger partial charge in [-0.25, -0.2) is 0 Å². The fraction of sp³-hybridized carbons (Fsp3) is 0.889. The Bertz CT molecular complexity index is 319. The van der Waals surface area contributed by atoms with Crippen LogP contribution in [0.25, 0.3) is 0 Å². The minimum atomic E-state index is -1.14. The van der Waals surface area contributed by atoms with E-state index in [0.717, 1.165) is 32.1 Å². The maximum Gasteiger partial charge on any atom is 0.323 e. The number of esters is 2. The number of rotatable bonds is 12. The Kier molecular flexibility index (Phi) is 10.9. The molecule has 0 aliphatic carbocycles. The number of ether oxygens (including phenoxy) is 2. The molecule has 0 rings (SSSR count). The molecule has 0 aliphatic heterocycles. The number of hydrogen-bond acceptors (Lipinski definition) is 4. The van der Waals surface area contributed by atoms with E-state index in [2.05, 4.69) is 20.8 Å². The Labute approximate surface area is 135 Å². The first-order chi connectivity index (χ1) is 10.4. The Morgan fingerprint density at radius 1 is 0.864 bits per heavy atom. The number of hydrogen-bond donors (Lipinski definition) is 0. The molecule has 0 bridgehead atoms. The molecular weight excluding hydrogens is 280 g/mol. The third-order valence-electron chi connectivity index (χ3n) is 4.15. The molecule has 0 aliphatic rings. The van der Waals surface area contributed by atoms with Crippen molar-refractivity contribution < 1.29 is 19.1 Å². The highest BCUT2D eigenvalue weighted by atomic mass is 16.6. The van der Waals surface area contributed by atoms with Crippen molar-refractivity contribution >= 4 is 11.9 Å². The molecular formula is C18H34O4. The molecule has 4 heteroatoms. The maximum atomic E-state index is 12.4. The second kappa shape index (κ2) is 11.5. The predicted molar refractivity (Wildman–Crippen MR) is 88.5 cm³/mol. The zero-order valence-electron chi connectivity index (χ0n) is 15.1. The van der Waals surface area contributed by atoms with E-state index in [1.54, 1.807) is 0 Å². The minimum absolute atomic E-state index is 0.363. The first-order valence-electron chi connectivity index (χ1n) is 8.79. The zero-order valence-corrected chi connectivity index (χ0v) is 15.1. The van der Waals surface area contributed by atoms with Crippen molar-refractivity contribution in [3.05, 3.63) is 0 Å². The van der Waals surface area contributed by atoms with Crippen LogP contribution in [0, 0.1) is 11.3 Å². The van der Waals surface area contributed by atoms with Crippen LogP contribution in [0.3, 0.4) is 0 Å². The van der Waals surface area contributed by atoms with Crippen LogP contribution in [-0.4, -0.2) is 25.2 Å². The van der Waals surface area contributed by atoms with E-state index in [1.165, 1.54) is 0 Å². The Hall–Kier alpha value is -1.06. The molecule has 0 amide bonds. The van der Waals surface area contributed by atoms with Crippen LogP contribution in [-0.2, 0) is 19.1 Å². The fourth-order valence-electron chi connectivity index (χ4n) is 2.27. The molecule has 130 valence electrons. The molecule has 0 fully saturated rings. The van der Waals surface area contributed by atoms with Crippen molar-refractivity contribution in [2.45, 2.75) is 79.6 Å². The van der Waals surface area contributed by atoms with E-state index >= 15 is 0 Å². The fourth-order valence-corrected chi connectivity index (χ4v) is 2.27. The van der Waals surface area contributed by atoms with Crippen molar-refractivity contribution in [3.63, 3.8) is 0 Å². The summed E-state index contributed by atoms with van der Waals surface area (Å²) in [4.78, 5) is 24.7. The third kappa shape index (κ3) is 6.80. The summed E-state index contributed by atoms with van der Waals surface area (Å²) in [6.45, 7) is 10.7. The van der Waals surface area contributed by atoms with Gasteiger partial charge >= 0.3 is 11.9 Å². The van der Waals surface area contributed by atoms with Crippen LogP contribution in [0.15, 0.2) is 0 Å². The van der Waals surface area contributed by atoms with Gasteiger partial charge in [-0.2, -0.15) is 0 Å². The standard InChI is InChI=1S/C18H34O4/c1-6-9-10-11-13-21-16(19)18(7-2,8-3)17(20)22-14-12-15(4)5/h15H,6-14H2,1-5H3. The average molecular weight is 314 g/mol. The highest BCUT2D eigenvalue weighted by molar-refractivity contribution is 5.99. The lowest BCUT2D eigenvalue weighted by Gasteiger charge is -2.27. The summed E-state index contributed by atoms with van der Waals surface area (Å²) in [7, 11) is 0. The first-order valence-corrected chi connectivity index (χ1v) is 8.79. The normalized spacial score (nSPS) is 11.5. The monoisotopic (exact) mass is 314 g/mol. The molecule has 4 nitrogen and oxygen atoms in total. The van der Waals surface area contributed by atoms with Gasteiger partial charge in [-0.1, -0.05) is 53.9 Å². The highest BCUT2D eigenvalue weighted by Crippen LogP contribution is 2.30. The smallest absolute Gasteiger partial charge is 0.323 e. The van der Waals surface area contributed by atoms with Crippen LogP contribution in [0.1, 0.15) is 79.6 Å². The van der Waals surface area contributed by atoms with Gasteiger partial charge < -0.3 is 9.47 Å². The predicted octanol–water partition coefficient (Wildman–Crippen LogP) is 4.51. The van der Waals surface area contributed by atoms with Crippen LogP contribution in [0.4, 0.5) is 0 Å². The van der Waals surface area contributed by atoms with E-state index in [9.17, 15) is 9.59 Å². The molecule has 0 aromatic heterocycles. The lowest BCUT2D eigenvalue weighted by Crippen LogP contribution is -2.41. The molecule has 0 heterocycles. The van der Waals surface area contributed by atoms with Gasteiger partial charge in [0.1, 0.15) is 0 Å². The summed E-state index contributed by atoms with van der Waals surface area (Å²) in [5, 5.41) is 0. The molecule has 0 N–H and O–H groups in total. The van der Waals surface area contributed by atoms with Gasteiger partial charge in [0.2, 0.25) is 0 Å². The van der Waals surface area contributed by atoms with Crippen LogP contribution < -0.4 is 0 Å². The third-order valence-corrected chi connectivity index (χ3v) is 4.15. The lowest BCUT2D eigenvalue weighted by atomic mass is 9.82. The molecule has 0 saturated carbocycles. The van der Waals surface area contributed by atoms with E-state index in [0.29, 0.717) is 32.0 Å². The summed E-state index contributed by atoms with van der Waals surface area (Å²) in [5.41, 5.74) is -1.14. The van der Waals surface area contributed by atoms with Crippen LogP contribution in [0.2, 0.25) is 0 Å². The van der Waals surface area contributed by atoms with Crippen molar-refractivity contribution in [1.82, 2.24) is 0 Å². The molecule has 0 aromatic rings. The summed E-state index contributed by atoms with van der Waals surface area (Å²) in [6.07, 6.45) is 5.82. The second-order valence-electron chi connectivity index (χ2n) is 6.30. The quantitative estimate of drug-likeness (QED) is 0.302. The van der Waals surface area contributed by atoms with E-state index in [1.807, 2.05) is 13.8 Å². The van der Waals surface area contributed by atoms with Gasteiger partial charge in [0.25, 0.3) is 0 Å². The minimum Gasteiger partial charge on any atom is -0.465 e. The summed E-state index contributed by atoms with van der Waals surface area (Å²) < 4.78 is 10.7. The molecule has 0 saturated heterocycles. The number of carbonyl (C=O) groups is 2. The molecule has 0 radical (unpaired) electrons. The van der Waals surface area contributed by atoms with Gasteiger partial charge in [-0.3, -0.25) is 9.59 Å². The van der Waals surface area contributed by atoms with Crippen molar-refractivity contribution in [2.75, 3.05) is 13.2 Å². The lowest BCUT2D eigenvalue weighted by molar-refractivity contribution is -0.173. The average Bonchev–Trinajstić information content (AvgIpc) is 2.48. The Morgan fingerprint density at radius 2 is 1.41 bits per heavy atom. The summed E-state index contributed by atoms with van der Waals surface area (Å²) >= 11 is 0. The van der Waals surface area contributed by atoms with E-state index in [4.69, 9.17) is 9.47 Å². The zero-order chi connectivity index (χ0) is 17.0. The number of carbonyl (C=O) groups excluding carboxylic acids is 2. The summed E-state index contributed by atoms with van der Waals surface area (Å²) in [6, 6.07) is 0. The molecule has 0 unspecified atom stereocenters. The van der Waals surface area contributed by atoms with Gasteiger partial charge in [-0.05, 0) is 31.6 Å². The maximum absolute atomic E-state index is 12.4. The van der Waals surface area contributed by atoms with Crippen LogP contribution in [0.5, 0.6) is 0 Å². The summed E-state index contributed by atoms with van der Waals surface area (Å²) in [5.74, 6) is -0.392. The van der Waals surface area contributed by atoms with Crippen molar-refractivity contribution in [2.24, 2.45) is 11.3 Å². The molecule has 22 heavy (non-hydrogen) atoms. The van der Waals surface area contributed by atoms with Gasteiger partial charge in [0, 0.05) is 0 Å². The topological polar surface area (TPSA) is 52.6 Å². The first kappa shape index (κ1) is 20.9. The van der Waals surface area contributed by atoms with Crippen LogP contribution >= 0.6 is 0 Å². The second-order valence-corrected chi connectivity index (χ2v) is 6.30. The molecule has 0 spiro atoms. The van der Waals surface area contributed by atoms with Gasteiger partial charge in [-0.15, -0.1) is 0 Å². The Morgan fingerprint density at radius 3 is 1.86 bits per heavy atom. The highest BCUT2D eigenvalue weighted by Gasteiger charge is 2.45. The van der Waals surface area contributed by atoms with E-state index in [-0.39, 0.29) is 0 Å². The van der Waals surface area contributed by atoms with Gasteiger partial charge in [0.05, 0.1) is 13.2 Å². The van der Waals surface area contributed by atoms with Crippen molar-refractivity contribution in [1.29, 1.82) is 0 Å². The number of unbranched alkanes of at least 4 members (excludes halogenated alkanes) is 3. The van der Waals surface area contributed by atoms with E-state index < -0.39 is 17.4 Å². The van der Waals surface area contributed by atoms with Crippen molar-refractivity contribution in [3.8, 4) is 0 Å². The van der Waals surface area contributed by atoms with Gasteiger partial charge in [0.15, 0.2) is 5.41 Å². The Balaban J connectivity index is 4.50. The SMILES string of the molecule is CCCCCCOC(=O)C(CC)(CC)C(=O)OCCC(C)C. The molecule has 0 atom stereocenters. The molecule has 0 aromatic carbocycles.